The standard InChI is InChI=1S/C10H16O2/c1-3-7-11-9-5-6-10-12-8-4-2/h1,5-6H,4,7-10H2,2H3/b6-5-. The largest absolute Gasteiger partial charge is 0.377 e. The van der Waals surface area contributed by atoms with E-state index in [-0.39, 0.29) is 0 Å². The maximum absolute atomic E-state index is 5.21. The first-order valence-electron chi connectivity index (χ1n) is 4.15. The molecule has 0 rings (SSSR count). The van der Waals surface area contributed by atoms with Gasteiger partial charge in [-0.15, -0.1) is 6.42 Å². The lowest BCUT2D eigenvalue weighted by atomic mass is 10.5. The lowest BCUT2D eigenvalue weighted by Gasteiger charge is -1.96. The molecule has 0 N–H and O–H groups in total. The highest BCUT2D eigenvalue weighted by atomic mass is 16.5. The first kappa shape index (κ1) is 11.2. The summed E-state index contributed by atoms with van der Waals surface area (Å²) >= 11 is 0. The van der Waals surface area contributed by atoms with Crippen LogP contribution < -0.4 is 0 Å². The maximum Gasteiger partial charge on any atom is 0.107 e. The molecule has 0 saturated carbocycles. The van der Waals surface area contributed by atoms with Crippen LogP contribution in [0.25, 0.3) is 0 Å². The highest BCUT2D eigenvalue weighted by Crippen LogP contribution is 1.82. The predicted octanol–water partition coefficient (Wildman–Crippen LogP) is 1.62. The van der Waals surface area contributed by atoms with Crippen molar-refractivity contribution in [3.63, 3.8) is 0 Å². The summed E-state index contributed by atoms with van der Waals surface area (Å²) in [6.45, 7) is 4.50. The van der Waals surface area contributed by atoms with Crippen LogP contribution >= 0.6 is 0 Å². The molecule has 0 aromatic heterocycles. The first-order valence-corrected chi connectivity index (χ1v) is 4.15. The second-order valence-electron chi connectivity index (χ2n) is 2.27. The van der Waals surface area contributed by atoms with Gasteiger partial charge in [0.2, 0.25) is 0 Å². The Balaban J connectivity index is 2.99. The average molecular weight is 168 g/mol. The van der Waals surface area contributed by atoms with E-state index >= 15 is 0 Å². The Hall–Kier alpha value is -0.780. The van der Waals surface area contributed by atoms with Crippen molar-refractivity contribution in [1.29, 1.82) is 0 Å². The van der Waals surface area contributed by atoms with E-state index in [0.29, 0.717) is 19.8 Å². The van der Waals surface area contributed by atoms with Gasteiger partial charge in [0.05, 0.1) is 13.2 Å². The van der Waals surface area contributed by atoms with Crippen molar-refractivity contribution in [2.45, 2.75) is 13.3 Å². The Morgan fingerprint density at radius 2 is 1.92 bits per heavy atom. The Morgan fingerprint density at radius 1 is 1.25 bits per heavy atom. The SMILES string of the molecule is C#CCOC/C=C\COCCC. The van der Waals surface area contributed by atoms with E-state index < -0.39 is 0 Å². The minimum Gasteiger partial charge on any atom is -0.377 e. The summed E-state index contributed by atoms with van der Waals surface area (Å²) in [5.74, 6) is 2.39. The summed E-state index contributed by atoms with van der Waals surface area (Å²) in [7, 11) is 0. The summed E-state index contributed by atoms with van der Waals surface area (Å²) in [5, 5.41) is 0. The minimum atomic E-state index is 0.375. The number of hydrogen-bond acceptors (Lipinski definition) is 2. The normalized spacial score (nSPS) is 10.3. The van der Waals surface area contributed by atoms with Crippen molar-refractivity contribution in [1.82, 2.24) is 0 Å². The van der Waals surface area contributed by atoms with E-state index in [1.54, 1.807) is 0 Å². The van der Waals surface area contributed by atoms with E-state index in [9.17, 15) is 0 Å². The van der Waals surface area contributed by atoms with Crippen LogP contribution in [-0.4, -0.2) is 26.4 Å². The zero-order valence-electron chi connectivity index (χ0n) is 7.58. The van der Waals surface area contributed by atoms with Gasteiger partial charge in [-0.3, -0.25) is 0 Å². The molecule has 0 aliphatic heterocycles. The van der Waals surface area contributed by atoms with Crippen molar-refractivity contribution in [3.8, 4) is 12.3 Å². The third-order valence-electron chi connectivity index (χ3n) is 1.13. The third kappa shape index (κ3) is 9.22. The molecule has 68 valence electrons. The second kappa shape index (κ2) is 10.2. The fourth-order valence-electron chi connectivity index (χ4n) is 0.618. The molecule has 0 aromatic rings. The van der Waals surface area contributed by atoms with E-state index in [1.807, 2.05) is 12.2 Å². The van der Waals surface area contributed by atoms with Crippen molar-refractivity contribution in [2.24, 2.45) is 0 Å². The Kier molecular flexibility index (Phi) is 9.56. The van der Waals surface area contributed by atoms with Crippen LogP contribution in [0.15, 0.2) is 12.2 Å². The van der Waals surface area contributed by atoms with Crippen molar-refractivity contribution in [2.75, 3.05) is 26.4 Å². The van der Waals surface area contributed by atoms with Crippen LogP contribution in [0.4, 0.5) is 0 Å². The Labute approximate surface area is 74.6 Å². The lowest BCUT2D eigenvalue weighted by Crippen LogP contribution is -1.94. The molecule has 2 heteroatoms. The van der Waals surface area contributed by atoms with E-state index in [1.165, 1.54) is 0 Å². The van der Waals surface area contributed by atoms with Gasteiger partial charge in [0, 0.05) is 6.61 Å². The molecule has 0 unspecified atom stereocenters. The highest BCUT2D eigenvalue weighted by Gasteiger charge is 1.80. The molecule has 0 radical (unpaired) electrons. The molecule has 2 nitrogen and oxygen atoms in total. The summed E-state index contributed by atoms with van der Waals surface area (Å²) in [6.07, 6.45) is 9.89. The molecular formula is C10H16O2. The molecule has 0 spiro atoms. The van der Waals surface area contributed by atoms with Gasteiger partial charge in [-0.05, 0) is 6.42 Å². The smallest absolute Gasteiger partial charge is 0.107 e. The number of rotatable bonds is 7. The maximum atomic E-state index is 5.21. The third-order valence-corrected chi connectivity index (χ3v) is 1.13. The monoisotopic (exact) mass is 168 g/mol. The molecule has 0 bridgehead atoms. The molecule has 0 aromatic carbocycles. The molecule has 0 heterocycles. The molecule has 0 aliphatic rings. The fraction of sp³-hybridized carbons (Fsp3) is 0.600. The van der Waals surface area contributed by atoms with Crippen molar-refractivity contribution < 1.29 is 9.47 Å². The van der Waals surface area contributed by atoms with E-state index in [0.717, 1.165) is 13.0 Å². The topological polar surface area (TPSA) is 18.5 Å². The predicted molar refractivity (Wildman–Crippen MR) is 49.9 cm³/mol. The summed E-state index contributed by atoms with van der Waals surface area (Å²) in [4.78, 5) is 0. The van der Waals surface area contributed by atoms with Crippen LogP contribution in [0.2, 0.25) is 0 Å². The van der Waals surface area contributed by atoms with Gasteiger partial charge in [-0.1, -0.05) is 25.0 Å². The van der Waals surface area contributed by atoms with Gasteiger partial charge >= 0.3 is 0 Å². The number of terminal acetylenes is 1. The number of ether oxygens (including phenoxy) is 2. The molecule has 12 heavy (non-hydrogen) atoms. The van der Waals surface area contributed by atoms with Crippen LogP contribution in [0, 0.1) is 12.3 Å². The fourth-order valence-corrected chi connectivity index (χ4v) is 0.618. The zero-order chi connectivity index (χ0) is 9.07. The summed E-state index contributed by atoms with van der Waals surface area (Å²) in [6, 6.07) is 0. The molecule has 0 saturated heterocycles. The lowest BCUT2D eigenvalue weighted by molar-refractivity contribution is 0.161. The van der Waals surface area contributed by atoms with Crippen molar-refractivity contribution >= 4 is 0 Å². The average Bonchev–Trinajstić information content (AvgIpc) is 2.10. The Bertz CT molecular complexity index is 144. The summed E-state index contributed by atoms with van der Waals surface area (Å²) < 4.78 is 10.2. The van der Waals surface area contributed by atoms with Crippen LogP contribution in [0.5, 0.6) is 0 Å². The summed E-state index contributed by atoms with van der Waals surface area (Å²) in [5.41, 5.74) is 0. The first-order chi connectivity index (χ1) is 5.91. The van der Waals surface area contributed by atoms with Gasteiger partial charge in [-0.25, -0.2) is 0 Å². The molecule has 0 amide bonds. The van der Waals surface area contributed by atoms with E-state index in [4.69, 9.17) is 15.9 Å². The van der Waals surface area contributed by atoms with Gasteiger partial charge in [0.1, 0.15) is 6.61 Å². The van der Waals surface area contributed by atoms with Gasteiger partial charge < -0.3 is 9.47 Å². The number of hydrogen-bond donors (Lipinski definition) is 0. The zero-order valence-corrected chi connectivity index (χ0v) is 7.58. The highest BCUT2D eigenvalue weighted by molar-refractivity contribution is 4.85. The second-order valence-corrected chi connectivity index (χ2v) is 2.27. The Morgan fingerprint density at radius 3 is 2.50 bits per heavy atom. The van der Waals surface area contributed by atoms with Crippen LogP contribution in [0.3, 0.4) is 0 Å². The van der Waals surface area contributed by atoms with Crippen molar-refractivity contribution in [3.05, 3.63) is 12.2 Å². The molecular weight excluding hydrogens is 152 g/mol. The van der Waals surface area contributed by atoms with E-state index in [2.05, 4.69) is 12.8 Å². The molecule has 0 atom stereocenters. The molecule has 0 aliphatic carbocycles. The van der Waals surface area contributed by atoms with Crippen LogP contribution in [-0.2, 0) is 9.47 Å². The minimum absolute atomic E-state index is 0.375. The van der Waals surface area contributed by atoms with Gasteiger partial charge in [-0.2, -0.15) is 0 Å². The van der Waals surface area contributed by atoms with Crippen LogP contribution in [0.1, 0.15) is 13.3 Å². The molecule has 0 fully saturated rings. The quantitative estimate of drug-likeness (QED) is 0.327. The van der Waals surface area contributed by atoms with Gasteiger partial charge in [0.15, 0.2) is 0 Å². The van der Waals surface area contributed by atoms with Gasteiger partial charge in [0.25, 0.3) is 0 Å².